The predicted molar refractivity (Wildman–Crippen MR) is 73.5 cm³/mol. The number of halogens is 4. The van der Waals surface area contributed by atoms with Gasteiger partial charge in [0.05, 0.1) is 16.3 Å². The number of amides is 1. The summed E-state index contributed by atoms with van der Waals surface area (Å²) in [7, 11) is 0. The molecule has 1 N–H and O–H groups in total. The molecule has 0 bridgehead atoms. The van der Waals surface area contributed by atoms with Crippen molar-refractivity contribution in [3.63, 3.8) is 0 Å². The second-order valence-corrected chi connectivity index (χ2v) is 4.94. The molecule has 19 heavy (non-hydrogen) atoms. The summed E-state index contributed by atoms with van der Waals surface area (Å²) in [6.07, 6.45) is 0. The molecular weight excluding hydrogens is 340 g/mol. The van der Waals surface area contributed by atoms with E-state index in [-0.39, 0.29) is 10.7 Å². The highest BCUT2D eigenvalue weighted by Crippen LogP contribution is 2.27. The van der Waals surface area contributed by atoms with Crippen molar-refractivity contribution < 1.29 is 13.6 Å². The van der Waals surface area contributed by atoms with Crippen LogP contribution in [0.1, 0.15) is 10.4 Å². The molecule has 0 saturated heterocycles. The molecular formula is C13H7BrClF2NO. The Morgan fingerprint density at radius 1 is 1.21 bits per heavy atom. The molecule has 2 aromatic rings. The fourth-order valence-corrected chi connectivity index (χ4v) is 2.19. The lowest BCUT2D eigenvalue weighted by Crippen LogP contribution is -2.14. The van der Waals surface area contributed by atoms with E-state index in [1.54, 1.807) is 24.3 Å². The SMILES string of the molecule is O=C(Nc1c(F)cc(F)cc1Cl)c1ccccc1Br. The van der Waals surface area contributed by atoms with Gasteiger partial charge in [0.2, 0.25) is 0 Å². The van der Waals surface area contributed by atoms with Gasteiger partial charge in [-0.3, -0.25) is 4.79 Å². The Balaban J connectivity index is 2.32. The smallest absolute Gasteiger partial charge is 0.256 e. The van der Waals surface area contributed by atoms with Crippen LogP contribution in [0.3, 0.4) is 0 Å². The van der Waals surface area contributed by atoms with E-state index in [9.17, 15) is 13.6 Å². The van der Waals surface area contributed by atoms with E-state index in [0.29, 0.717) is 16.1 Å². The van der Waals surface area contributed by atoms with Crippen molar-refractivity contribution in [2.75, 3.05) is 5.32 Å². The molecule has 1 amide bonds. The monoisotopic (exact) mass is 345 g/mol. The van der Waals surface area contributed by atoms with Crippen LogP contribution in [-0.4, -0.2) is 5.91 Å². The van der Waals surface area contributed by atoms with Gasteiger partial charge in [-0.1, -0.05) is 23.7 Å². The van der Waals surface area contributed by atoms with E-state index >= 15 is 0 Å². The minimum Gasteiger partial charge on any atom is -0.318 e. The number of carbonyl (C=O) groups excluding carboxylic acids is 1. The lowest BCUT2D eigenvalue weighted by Gasteiger charge is -2.09. The normalized spacial score (nSPS) is 10.3. The van der Waals surface area contributed by atoms with Crippen LogP contribution in [-0.2, 0) is 0 Å². The largest absolute Gasteiger partial charge is 0.318 e. The van der Waals surface area contributed by atoms with Gasteiger partial charge in [-0.05, 0) is 34.1 Å². The van der Waals surface area contributed by atoms with E-state index in [4.69, 9.17) is 11.6 Å². The fourth-order valence-electron chi connectivity index (χ4n) is 1.49. The van der Waals surface area contributed by atoms with Crippen LogP contribution >= 0.6 is 27.5 Å². The van der Waals surface area contributed by atoms with Crippen molar-refractivity contribution in [2.24, 2.45) is 0 Å². The van der Waals surface area contributed by atoms with Crippen LogP contribution in [0.2, 0.25) is 5.02 Å². The first-order valence-electron chi connectivity index (χ1n) is 5.19. The highest BCUT2D eigenvalue weighted by molar-refractivity contribution is 9.10. The quantitative estimate of drug-likeness (QED) is 0.844. The number of carbonyl (C=O) groups is 1. The summed E-state index contributed by atoms with van der Waals surface area (Å²) >= 11 is 8.91. The molecule has 0 heterocycles. The average Bonchev–Trinajstić information content (AvgIpc) is 2.34. The third-order valence-electron chi connectivity index (χ3n) is 2.36. The molecule has 2 nitrogen and oxygen atoms in total. The maximum atomic E-state index is 13.5. The van der Waals surface area contributed by atoms with Crippen LogP contribution < -0.4 is 5.32 Å². The molecule has 0 fully saturated rings. The van der Waals surface area contributed by atoms with E-state index in [0.717, 1.165) is 6.07 Å². The summed E-state index contributed by atoms with van der Waals surface area (Å²) in [5, 5.41) is 2.12. The van der Waals surface area contributed by atoms with Crippen molar-refractivity contribution in [3.8, 4) is 0 Å². The van der Waals surface area contributed by atoms with Gasteiger partial charge in [0.15, 0.2) is 5.82 Å². The van der Waals surface area contributed by atoms with Crippen molar-refractivity contribution in [2.45, 2.75) is 0 Å². The summed E-state index contributed by atoms with van der Waals surface area (Å²) in [5.74, 6) is -2.27. The van der Waals surface area contributed by atoms with Gasteiger partial charge in [-0.25, -0.2) is 8.78 Å². The zero-order chi connectivity index (χ0) is 14.0. The van der Waals surface area contributed by atoms with Crippen molar-refractivity contribution in [1.29, 1.82) is 0 Å². The van der Waals surface area contributed by atoms with Crippen LogP contribution in [0.25, 0.3) is 0 Å². The number of nitrogens with one attached hydrogen (secondary N) is 1. The maximum absolute atomic E-state index is 13.5. The Labute approximate surface area is 121 Å². The first kappa shape index (κ1) is 14.0. The zero-order valence-corrected chi connectivity index (χ0v) is 11.7. The summed E-state index contributed by atoms with van der Waals surface area (Å²) in [5.41, 5.74) is 0.0751. The lowest BCUT2D eigenvalue weighted by atomic mass is 10.2. The molecule has 0 atom stereocenters. The zero-order valence-electron chi connectivity index (χ0n) is 9.38. The molecule has 98 valence electrons. The van der Waals surface area contributed by atoms with Gasteiger partial charge in [0.25, 0.3) is 5.91 Å². The molecule has 6 heteroatoms. The number of hydrogen-bond acceptors (Lipinski definition) is 1. The summed E-state index contributed by atoms with van der Waals surface area (Å²) in [4.78, 5) is 12.0. The molecule has 2 aromatic carbocycles. The highest BCUT2D eigenvalue weighted by atomic mass is 79.9. The van der Waals surface area contributed by atoms with Crippen LogP contribution in [0.5, 0.6) is 0 Å². The summed E-state index contributed by atoms with van der Waals surface area (Å²) in [6, 6.07) is 8.24. The topological polar surface area (TPSA) is 29.1 Å². The first-order chi connectivity index (χ1) is 8.99. The molecule has 0 spiro atoms. The second-order valence-electron chi connectivity index (χ2n) is 3.68. The molecule has 0 aliphatic carbocycles. The standard InChI is InChI=1S/C13H7BrClF2NO/c14-9-4-2-1-3-8(9)13(19)18-12-10(15)5-7(16)6-11(12)17/h1-6H,(H,18,19). The van der Waals surface area contributed by atoms with Crippen molar-refractivity contribution in [3.05, 3.63) is 63.1 Å². The Morgan fingerprint density at radius 3 is 2.53 bits per heavy atom. The van der Waals surface area contributed by atoms with Crippen LogP contribution in [0, 0.1) is 11.6 Å². The minimum atomic E-state index is -0.926. The first-order valence-corrected chi connectivity index (χ1v) is 6.36. The maximum Gasteiger partial charge on any atom is 0.256 e. The molecule has 0 radical (unpaired) electrons. The van der Waals surface area contributed by atoms with Crippen molar-refractivity contribution in [1.82, 2.24) is 0 Å². The average molecular weight is 347 g/mol. The Bertz CT molecular complexity index is 625. The fraction of sp³-hybridized carbons (Fsp3) is 0. The van der Waals surface area contributed by atoms with Gasteiger partial charge >= 0.3 is 0 Å². The van der Waals surface area contributed by atoms with E-state index in [1.165, 1.54) is 0 Å². The lowest BCUT2D eigenvalue weighted by molar-refractivity contribution is 0.102. The van der Waals surface area contributed by atoms with Gasteiger partial charge < -0.3 is 5.32 Å². The van der Waals surface area contributed by atoms with Gasteiger partial charge in [0.1, 0.15) is 5.82 Å². The van der Waals surface area contributed by atoms with Crippen LogP contribution in [0.15, 0.2) is 40.9 Å². The van der Waals surface area contributed by atoms with Gasteiger partial charge in [-0.2, -0.15) is 0 Å². The number of anilines is 1. The van der Waals surface area contributed by atoms with E-state index < -0.39 is 17.5 Å². The third kappa shape index (κ3) is 3.11. The Hall–Kier alpha value is -1.46. The second kappa shape index (κ2) is 5.67. The molecule has 2 rings (SSSR count). The Kier molecular flexibility index (Phi) is 4.17. The minimum absolute atomic E-state index is 0.196. The van der Waals surface area contributed by atoms with E-state index in [1.807, 2.05) is 0 Å². The number of benzene rings is 2. The molecule has 0 unspecified atom stereocenters. The molecule has 0 aliphatic rings. The number of hydrogen-bond donors (Lipinski definition) is 1. The van der Waals surface area contributed by atoms with Crippen LogP contribution in [0.4, 0.5) is 14.5 Å². The molecule has 0 aromatic heterocycles. The van der Waals surface area contributed by atoms with Crippen molar-refractivity contribution >= 4 is 39.1 Å². The molecule has 0 saturated carbocycles. The molecule has 0 aliphatic heterocycles. The van der Waals surface area contributed by atoms with E-state index in [2.05, 4.69) is 21.2 Å². The van der Waals surface area contributed by atoms with Gasteiger partial charge in [-0.15, -0.1) is 0 Å². The summed E-state index contributed by atoms with van der Waals surface area (Å²) < 4.78 is 27.0. The predicted octanol–water partition coefficient (Wildman–Crippen LogP) is 4.63. The highest BCUT2D eigenvalue weighted by Gasteiger charge is 2.15. The van der Waals surface area contributed by atoms with Gasteiger partial charge in [0, 0.05) is 10.5 Å². The third-order valence-corrected chi connectivity index (χ3v) is 3.35. The summed E-state index contributed by atoms with van der Waals surface area (Å²) in [6.45, 7) is 0. The number of rotatable bonds is 2. The Morgan fingerprint density at radius 2 is 1.89 bits per heavy atom.